The van der Waals surface area contributed by atoms with Crippen LogP contribution in [0, 0.1) is 11.6 Å². The predicted octanol–water partition coefficient (Wildman–Crippen LogP) is 3.57. The Hall–Kier alpha value is -2.10. The smallest absolute Gasteiger partial charge is 0.151 e. The van der Waals surface area contributed by atoms with Crippen LogP contribution in [0.15, 0.2) is 42.5 Å². The lowest BCUT2D eigenvalue weighted by molar-refractivity contribution is 0.609. The largest absolute Gasteiger partial charge is 0.396 e. The molecule has 19 heavy (non-hydrogen) atoms. The van der Waals surface area contributed by atoms with Gasteiger partial charge in [-0.25, -0.2) is 8.78 Å². The van der Waals surface area contributed by atoms with Crippen LogP contribution < -0.4 is 10.6 Å². The highest BCUT2D eigenvalue weighted by Crippen LogP contribution is 2.21. The fourth-order valence-electron chi connectivity index (χ4n) is 1.96. The number of halogens is 2. The maximum absolute atomic E-state index is 13.9. The zero-order chi connectivity index (χ0) is 13.8. The maximum Gasteiger partial charge on any atom is 0.151 e. The monoisotopic (exact) mass is 262 g/mol. The van der Waals surface area contributed by atoms with Gasteiger partial charge in [0.1, 0.15) is 5.82 Å². The molecule has 4 heteroatoms. The van der Waals surface area contributed by atoms with Crippen molar-refractivity contribution < 1.29 is 8.78 Å². The summed E-state index contributed by atoms with van der Waals surface area (Å²) in [5.41, 5.74) is 7.09. The number of hydrogen-bond acceptors (Lipinski definition) is 2. The molecule has 2 rings (SSSR count). The van der Waals surface area contributed by atoms with E-state index < -0.39 is 0 Å². The molecule has 0 bridgehead atoms. The van der Waals surface area contributed by atoms with Crippen LogP contribution in [0.4, 0.5) is 20.2 Å². The summed E-state index contributed by atoms with van der Waals surface area (Å²) in [6.07, 6.45) is 0. The standard InChI is InChI=1S/C15H16F2N2/c1-2-19(13-8-6-12(16)7-9-13)10-11-4-3-5-14(18)15(11)17/h3-9H,2,10,18H2,1H3. The summed E-state index contributed by atoms with van der Waals surface area (Å²) in [6.45, 7) is 3.06. The molecule has 2 aromatic rings. The number of rotatable bonds is 4. The molecule has 2 N–H and O–H groups in total. The fraction of sp³-hybridized carbons (Fsp3) is 0.200. The quantitative estimate of drug-likeness (QED) is 0.853. The summed E-state index contributed by atoms with van der Waals surface area (Å²) < 4.78 is 26.8. The number of nitrogens with zero attached hydrogens (tertiary/aromatic N) is 1. The van der Waals surface area contributed by atoms with E-state index in [1.165, 1.54) is 18.2 Å². The van der Waals surface area contributed by atoms with Gasteiger partial charge in [-0.2, -0.15) is 0 Å². The van der Waals surface area contributed by atoms with Gasteiger partial charge in [-0.3, -0.25) is 0 Å². The molecule has 0 unspecified atom stereocenters. The van der Waals surface area contributed by atoms with Crippen molar-refractivity contribution in [3.63, 3.8) is 0 Å². The van der Waals surface area contributed by atoms with Crippen LogP contribution in [-0.4, -0.2) is 6.54 Å². The average Bonchev–Trinajstić information content (AvgIpc) is 2.42. The minimum absolute atomic E-state index is 0.146. The van der Waals surface area contributed by atoms with Gasteiger partial charge in [-0.05, 0) is 37.3 Å². The van der Waals surface area contributed by atoms with Crippen molar-refractivity contribution in [2.24, 2.45) is 0 Å². The Balaban J connectivity index is 2.24. The van der Waals surface area contributed by atoms with Crippen molar-refractivity contribution in [2.45, 2.75) is 13.5 Å². The van der Waals surface area contributed by atoms with E-state index in [1.54, 1.807) is 24.3 Å². The van der Waals surface area contributed by atoms with Crippen LogP contribution in [0.5, 0.6) is 0 Å². The van der Waals surface area contributed by atoms with E-state index in [0.29, 0.717) is 18.7 Å². The fourth-order valence-corrected chi connectivity index (χ4v) is 1.96. The van der Waals surface area contributed by atoms with E-state index in [0.717, 1.165) is 5.69 Å². The number of hydrogen-bond donors (Lipinski definition) is 1. The molecule has 0 saturated heterocycles. The highest BCUT2D eigenvalue weighted by atomic mass is 19.1. The molecule has 2 nitrogen and oxygen atoms in total. The van der Waals surface area contributed by atoms with Gasteiger partial charge in [0, 0.05) is 24.3 Å². The first-order valence-electron chi connectivity index (χ1n) is 6.15. The Morgan fingerprint density at radius 1 is 1.05 bits per heavy atom. The maximum atomic E-state index is 13.9. The summed E-state index contributed by atoms with van der Waals surface area (Å²) in [5.74, 6) is -0.669. The Kier molecular flexibility index (Phi) is 4.00. The number of nitrogen functional groups attached to an aromatic ring is 1. The molecule has 0 amide bonds. The van der Waals surface area contributed by atoms with Crippen LogP contribution in [-0.2, 0) is 6.54 Å². The third-order valence-electron chi connectivity index (χ3n) is 3.04. The van der Waals surface area contributed by atoms with Crippen molar-refractivity contribution >= 4 is 11.4 Å². The molecule has 0 radical (unpaired) electrons. The Morgan fingerprint density at radius 3 is 2.37 bits per heavy atom. The van der Waals surface area contributed by atoms with Crippen LogP contribution >= 0.6 is 0 Å². The zero-order valence-electron chi connectivity index (χ0n) is 10.7. The minimum atomic E-state index is -0.386. The van der Waals surface area contributed by atoms with E-state index in [-0.39, 0.29) is 17.3 Å². The molecule has 0 atom stereocenters. The van der Waals surface area contributed by atoms with E-state index >= 15 is 0 Å². The predicted molar refractivity (Wildman–Crippen MR) is 73.9 cm³/mol. The molecular formula is C15H16F2N2. The van der Waals surface area contributed by atoms with Crippen molar-refractivity contribution in [1.29, 1.82) is 0 Å². The lowest BCUT2D eigenvalue weighted by Gasteiger charge is -2.23. The summed E-state index contributed by atoms with van der Waals surface area (Å²) in [5, 5.41) is 0. The van der Waals surface area contributed by atoms with Crippen LogP contribution in [0.1, 0.15) is 12.5 Å². The van der Waals surface area contributed by atoms with Crippen LogP contribution in [0.2, 0.25) is 0 Å². The first-order chi connectivity index (χ1) is 9.11. The lowest BCUT2D eigenvalue weighted by atomic mass is 10.1. The molecule has 0 saturated carbocycles. The van der Waals surface area contributed by atoms with Crippen molar-refractivity contribution in [3.05, 3.63) is 59.7 Å². The van der Waals surface area contributed by atoms with Gasteiger partial charge >= 0.3 is 0 Å². The summed E-state index contributed by atoms with van der Waals surface area (Å²) in [7, 11) is 0. The van der Waals surface area contributed by atoms with Gasteiger partial charge in [0.05, 0.1) is 5.69 Å². The van der Waals surface area contributed by atoms with Gasteiger partial charge in [0.15, 0.2) is 5.82 Å². The zero-order valence-corrected chi connectivity index (χ0v) is 10.7. The molecule has 0 aliphatic heterocycles. The first-order valence-corrected chi connectivity index (χ1v) is 6.15. The van der Waals surface area contributed by atoms with Gasteiger partial charge in [0.25, 0.3) is 0 Å². The molecule has 0 fully saturated rings. The topological polar surface area (TPSA) is 29.3 Å². The van der Waals surface area contributed by atoms with Crippen LogP contribution in [0.25, 0.3) is 0 Å². The second-order valence-electron chi connectivity index (χ2n) is 4.31. The van der Waals surface area contributed by atoms with Gasteiger partial charge in [0.2, 0.25) is 0 Å². The summed E-state index contributed by atoms with van der Waals surface area (Å²) in [4.78, 5) is 1.96. The van der Waals surface area contributed by atoms with E-state index in [9.17, 15) is 8.78 Å². The second kappa shape index (κ2) is 5.69. The van der Waals surface area contributed by atoms with Crippen LogP contribution in [0.3, 0.4) is 0 Å². The lowest BCUT2D eigenvalue weighted by Crippen LogP contribution is -2.22. The molecule has 100 valence electrons. The second-order valence-corrected chi connectivity index (χ2v) is 4.31. The number of nitrogens with two attached hydrogens (primary N) is 1. The van der Waals surface area contributed by atoms with E-state index in [4.69, 9.17) is 5.73 Å². The van der Waals surface area contributed by atoms with Crippen molar-refractivity contribution in [2.75, 3.05) is 17.2 Å². The van der Waals surface area contributed by atoms with Crippen molar-refractivity contribution in [3.8, 4) is 0 Å². The van der Waals surface area contributed by atoms with Gasteiger partial charge in [-0.15, -0.1) is 0 Å². The number of anilines is 2. The highest BCUT2D eigenvalue weighted by molar-refractivity contribution is 5.49. The number of benzene rings is 2. The molecule has 2 aromatic carbocycles. The van der Waals surface area contributed by atoms with Gasteiger partial charge in [-0.1, -0.05) is 12.1 Å². The van der Waals surface area contributed by atoms with E-state index in [2.05, 4.69) is 0 Å². The first kappa shape index (κ1) is 13.3. The van der Waals surface area contributed by atoms with Gasteiger partial charge < -0.3 is 10.6 Å². The molecule has 0 spiro atoms. The molecule has 0 aliphatic carbocycles. The third-order valence-corrected chi connectivity index (χ3v) is 3.04. The van der Waals surface area contributed by atoms with Crippen molar-refractivity contribution in [1.82, 2.24) is 0 Å². The Labute approximate surface area is 111 Å². The Morgan fingerprint density at radius 2 is 1.74 bits per heavy atom. The molecule has 0 aliphatic rings. The summed E-state index contributed by atoms with van der Waals surface area (Å²) in [6, 6.07) is 11.1. The average molecular weight is 262 g/mol. The Bertz CT molecular complexity index is 553. The molecule has 0 heterocycles. The third kappa shape index (κ3) is 3.02. The molecule has 0 aromatic heterocycles. The minimum Gasteiger partial charge on any atom is -0.396 e. The van der Waals surface area contributed by atoms with E-state index in [1.807, 2.05) is 11.8 Å². The highest BCUT2D eigenvalue weighted by Gasteiger charge is 2.10. The SMILES string of the molecule is CCN(Cc1cccc(N)c1F)c1ccc(F)cc1. The molecular weight excluding hydrogens is 246 g/mol. The normalized spacial score (nSPS) is 10.5. The summed E-state index contributed by atoms with van der Waals surface area (Å²) >= 11 is 0.